The van der Waals surface area contributed by atoms with Crippen LogP contribution in [0.5, 0.6) is 0 Å². The summed E-state index contributed by atoms with van der Waals surface area (Å²) < 4.78 is 25.8. The van der Waals surface area contributed by atoms with Gasteiger partial charge in [0.15, 0.2) is 0 Å². The highest BCUT2D eigenvalue weighted by atomic mass is 32.2. The van der Waals surface area contributed by atoms with Crippen molar-refractivity contribution in [3.63, 3.8) is 0 Å². The van der Waals surface area contributed by atoms with Crippen LogP contribution in [-0.2, 0) is 14.8 Å². The summed E-state index contributed by atoms with van der Waals surface area (Å²) in [5, 5.41) is 2.63. The maximum absolute atomic E-state index is 11.7. The average molecular weight is 274 g/mol. The molecule has 1 atom stereocenters. The van der Waals surface area contributed by atoms with Crippen molar-refractivity contribution in [2.24, 2.45) is 5.92 Å². The van der Waals surface area contributed by atoms with Crippen LogP contribution in [0.3, 0.4) is 0 Å². The highest BCUT2D eigenvalue weighted by Gasteiger charge is 2.20. The fraction of sp³-hybridized carbons (Fsp3) is 0.583. The quantitative estimate of drug-likeness (QED) is 0.482. The molecule has 0 fully saturated rings. The van der Waals surface area contributed by atoms with E-state index >= 15 is 0 Å². The zero-order chi connectivity index (χ0) is 14.2. The molecule has 5 nitrogen and oxygen atoms in total. The molecule has 0 heterocycles. The van der Waals surface area contributed by atoms with E-state index in [9.17, 15) is 13.2 Å². The van der Waals surface area contributed by atoms with E-state index in [0.29, 0.717) is 6.42 Å². The topological polar surface area (TPSA) is 75.3 Å². The molecule has 6 heteroatoms. The van der Waals surface area contributed by atoms with Crippen molar-refractivity contribution in [2.75, 3.05) is 12.3 Å². The van der Waals surface area contributed by atoms with Crippen molar-refractivity contribution in [3.8, 4) is 0 Å². The Balaban J connectivity index is 4.61. The van der Waals surface area contributed by atoms with E-state index in [-0.39, 0.29) is 24.1 Å². The van der Waals surface area contributed by atoms with Gasteiger partial charge in [-0.25, -0.2) is 13.1 Å². The summed E-state index contributed by atoms with van der Waals surface area (Å²) in [7, 11) is -3.41. The first kappa shape index (κ1) is 16.9. The second-order valence-corrected chi connectivity index (χ2v) is 6.31. The molecule has 0 bridgehead atoms. The summed E-state index contributed by atoms with van der Waals surface area (Å²) in [5.41, 5.74) is 0. The van der Waals surface area contributed by atoms with Gasteiger partial charge in [0.1, 0.15) is 0 Å². The molecule has 1 amide bonds. The van der Waals surface area contributed by atoms with Crippen molar-refractivity contribution >= 4 is 15.9 Å². The predicted molar refractivity (Wildman–Crippen MR) is 73.6 cm³/mol. The Morgan fingerprint density at radius 2 is 1.94 bits per heavy atom. The number of amides is 1. The maximum atomic E-state index is 11.7. The number of carbonyl (C=O) groups excluding carboxylic acids is 1. The van der Waals surface area contributed by atoms with Gasteiger partial charge in [-0.1, -0.05) is 26.5 Å². The molecule has 0 aliphatic carbocycles. The molecule has 0 radical (unpaired) electrons. The fourth-order valence-electron chi connectivity index (χ4n) is 1.51. The monoisotopic (exact) mass is 274 g/mol. The van der Waals surface area contributed by atoms with Crippen LogP contribution < -0.4 is 10.0 Å². The van der Waals surface area contributed by atoms with Crippen molar-refractivity contribution in [2.45, 2.75) is 26.3 Å². The SMILES string of the molecule is C=CCNS(=O)(=O)CC(CC(C)C)NC(=O)C=C. The minimum Gasteiger partial charge on any atom is -0.349 e. The van der Waals surface area contributed by atoms with E-state index in [1.54, 1.807) is 0 Å². The lowest BCUT2D eigenvalue weighted by Gasteiger charge is -2.19. The number of rotatable bonds is 9. The standard InChI is InChI=1S/C12H22N2O3S/c1-5-7-13-18(16,17)9-11(8-10(3)4)14-12(15)6-2/h5-6,10-11,13H,1-2,7-9H2,3-4H3,(H,14,15). The Kier molecular flexibility index (Phi) is 7.54. The van der Waals surface area contributed by atoms with Gasteiger partial charge in [-0.3, -0.25) is 4.79 Å². The Morgan fingerprint density at radius 1 is 1.33 bits per heavy atom. The average Bonchev–Trinajstić information content (AvgIpc) is 2.24. The Bertz CT molecular complexity index is 388. The van der Waals surface area contributed by atoms with Gasteiger partial charge in [0.05, 0.1) is 5.75 Å². The summed E-state index contributed by atoms with van der Waals surface area (Å²) in [6.07, 6.45) is 3.20. The summed E-state index contributed by atoms with van der Waals surface area (Å²) in [5.74, 6) is -0.215. The minimum atomic E-state index is -3.41. The van der Waals surface area contributed by atoms with Crippen LogP contribution in [0.1, 0.15) is 20.3 Å². The van der Waals surface area contributed by atoms with Gasteiger partial charge in [-0.15, -0.1) is 6.58 Å². The third-order valence-electron chi connectivity index (χ3n) is 2.16. The zero-order valence-electron chi connectivity index (χ0n) is 11.0. The third-order valence-corrected chi connectivity index (χ3v) is 3.60. The smallest absolute Gasteiger partial charge is 0.243 e. The maximum Gasteiger partial charge on any atom is 0.243 e. The number of nitrogens with one attached hydrogen (secondary N) is 2. The molecule has 0 aromatic rings. The van der Waals surface area contributed by atoms with Crippen LogP contribution in [0.2, 0.25) is 0 Å². The van der Waals surface area contributed by atoms with Gasteiger partial charge in [0, 0.05) is 12.6 Å². The molecular formula is C12H22N2O3S. The number of sulfonamides is 1. The lowest BCUT2D eigenvalue weighted by atomic mass is 10.1. The van der Waals surface area contributed by atoms with Crippen LogP contribution in [0, 0.1) is 5.92 Å². The van der Waals surface area contributed by atoms with Gasteiger partial charge in [0.2, 0.25) is 15.9 Å². The summed E-state index contributed by atoms with van der Waals surface area (Å²) in [6, 6.07) is -0.419. The van der Waals surface area contributed by atoms with E-state index in [4.69, 9.17) is 0 Å². The van der Waals surface area contributed by atoms with Gasteiger partial charge >= 0.3 is 0 Å². The number of carbonyl (C=O) groups is 1. The highest BCUT2D eigenvalue weighted by Crippen LogP contribution is 2.07. The normalized spacial score (nSPS) is 13.1. The predicted octanol–water partition coefficient (Wildman–Crippen LogP) is 0.809. The van der Waals surface area contributed by atoms with Gasteiger partial charge in [0.25, 0.3) is 0 Å². The molecule has 0 aromatic carbocycles. The first-order chi connectivity index (χ1) is 8.30. The van der Waals surface area contributed by atoms with Crippen LogP contribution in [0.15, 0.2) is 25.3 Å². The van der Waals surface area contributed by atoms with E-state index in [2.05, 4.69) is 23.2 Å². The molecular weight excluding hydrogens is 252 g/mol. The Hall–Kier alpha value is -1.14. The molecule has 0 aliphatic heterocycles. The van der Waals surface area contributed by atoms with Gasteiger partial charge in [-0.05, 0) is 18.4 Å². The first-order valence-electron chi connectivity index (χ1n) is 5.82. The molecule has 18 heavy (non-hydrogen) atoms. The second kappa shape index (κ2) is 8.05. The van der Waals surface area contributed by atoms with E-state index < -0.39 is 16.1 Å². The lowest BCUT2D eigenvalue weighted by Crippen LogP contribution is -2.43. The molecule has 104 valence electrons. The fourth-order valence-corrected chi connectivity index (χ4v) is 2.75. The number of hydrogen-bond acceptors (Lipinski definition) is 3. The third kappa shape index (κ3) is 8.03. The first-order valence-corrected chi connectivity index (χ1v) is 7.47. The zero-order valence-corrected chi connectivity index (χ0v) is 11.8. The summed E-state index contributed by atoms with van der Waals surface area (Å²) in [6.45, 7) is 10.9. The van der Waals surface area contributed by atoms with Crippen molar-refractivity contribution in [1.82, 2.24) is 10.0 Å². The van der Waals surface area contributed by atoms with Gasteiger partial charge < -0.3 is 5.32 Å². The van der Waals surface area contributed by atoms with E-state index in [1.165, 1.54) is 6.08 Å². The van der Waals surface area contributed by atoms with E-state index in [1.807, 2.05) is 13.8 Å². The van der Waals surface area contributed by atoms with Crippen molar-refractivity contribution in [1.29, 1.82) is 0 Å². The molecule has 0 aromatic heterocycles. The van der Waals surface area contributed by atoms with Crippen LogP contribution in [0.4, 0.5) is 0 Å². The molecule has 2 N–H and O–H groups in total. The lowest BCUT2D eigenvalue weighted by molar-refractivity contribution is -0.117. The van der Waals surface area contributed by atoms with Crippen LogP contribution >= 0.6 is 0 Å². The molecule has 0 aliphatic rings. The van der Waals surface area contributed by atoms with Crippen LogP contribution in [-0.4, -0.2) is 32.7 Å². The van der Waals surface area contributed by atoms with Gasteiger partial charge in [-0.2, -0.15) is 0 Å². The van der Waals surface area contributed by atoms with E-state index in [0.717, 1.165) is 6.08 Å². The number of hydrogen-bond donors (Lipinski definition) is 2. The van der Waals surface area contributed by atoms with Crippen LogP contribution in [0.25, 0.3) is 0 Å². The van der Waals surface area contributed by atoms with Crippen molar-refractivity contribution < 1.29 is 13.2 Å². The Labute approximate surface area is 109 Å². The summed E-state index contributed by atoms with van der Waals surface area (Å²) >= 11 is 0. The minimum absolute atomic E-state index is 0.140. The molecule has 0 saturated carbocycles. The largest absolute Gasteiger partial charge is 0.349 e. The molecule has 0 rings (SSSR count). The van der Waals surface area contributed by atoms with Crippen molar-refractivity contribution in [3.05, 3.63) is 25.3 Å². The molecule has 0 saturated heterocycles. The Morgan fingerprint density at radius 3 is 2.39 bits per heavy atom. The highest BCUT2D eigenvalue weighted by molar-refractivity contribution is 7.89. The second-order valence-electron chi connectivity index (χ2n) is 4.46. The summed E-state index contributed by atoms with van der Waals surface area (Å²) in [4.78, 5) is 11.2. The molecule has 1 unspecified atom stereocenters. The molecule has 0 spiro atoms.